The van der Waals surface area contributed by atoms with Crippen LogP contribution in [0.4, 0.5) is 0 Å². The minimum atomic E-state index is -4.21. The van der Waals surface area contributed by atoms with Gasteiger partial charge in [-0.3, -0.25) is 0 Å². The monoisotopic (exact) mass is 427 g/mol. The summed E-state index contributed by atoms with van der Waals surface area (Å²) in [5.74, 6) is 1.04. The average molecular weight is 428 g/mol. The predicted octanol–water partition coefficient (Wildman–Crippen LogP) is 4.36. The number of sulfone groups is 1. The second-order valence-corrected chi connectivity index (χ2v) is 7.88. The van der Waals surface area contributed by atoms with Crippen LogP contribution in [0.5, 0.6) is 17.2 Å². The van der Waals surface area contributed by atoms with Crippen molar-refractivity contribution in [2.24, 2.45) is 0 Å². The molecule has 0 saturated heterocycles. The third kappa shape index (κ3) is 4.30. The van der Waals surface area contributed by atoms with Crippen molar-refractivity contribution in [3.8, 4) is 23.3 Å². The van der Waals surface area contributed by atoms with Crippen molar-refractivity contribution in [1.29, 1.82) is 5.26 Å². The molecule has 0 aliphatic heterocycles. The Morgan fingerprint density at radius 2 is 1.59 bits per heavy atom. The van der Waals surface area contributed by atoms with Gasteiger partial charge in [-0.25, -0.2) is 8.42 Å². The second-order valence-electron chi connectivity index (χ2n) is 5.15. The zero-order chi connectivity index (χ0) is 20.2. The predicted molar refractivity (Wildman–Crippen MR) is 103 cm³/mol. The Labute approximate surface area is 167 Å². The molecule has 0 unspecified atom stereocenters. The quantitative estimate of drug-likeness (QED) is 0.636. The number of hydrogen-bond acceptors (Lipinski definition) is 6. The summed E-state index contributed by atoms with van der Waals surface area (Å²) >= 11 is 11.9. The third-order valence-corrected chi connectivity index (χ3v) is 5.99. The molecule has 27 heavy (non-hydrogen) atoms. The van der Waals surface area contributed by atoms with Crippen LogP contribution < -0.4 is 14.2 Å². The lowest BCUT2D eigenvalue weighted by Crippen LogP contribution is -2.05. The fourth-order valence-electron chi connectivity index (χ4n) is 2.28. The van der Waals surface area contributed by atoms with Crippen molar-refractivity contribution in [2.75, 3.05) is 21.3 Å². The standard InChI is InChI=1S/C18H15Cl2NO5S/c1-24-15-9-17(26-3)16(25-2)7-11(15)6-13(10-21)27(22,23)18-8-12(19)4-5-14(18)20/h4-9H,1-3H3/b13-6+. The molecular weight excluding hydrogens is 413 g/mol. The van der Waals surface area contributed by atoms with E-state index < -0.39 is 14.7 Å². The number of nitrogens with zero attached hydrogens (tertiary/aromatic N) is 1. The summed E-state index contributed by atoms with van der Waals surface area (Å²) in [5.41, 5.74) is 0.313. The highest BCUT2D eigenvalue weighted by Gasteiger charge is 2.25. The van der Waals surface area contributed by atoms with Gasteiger partial charge in [-0.1, -0.05) is 23.2 Å². The zero-order valence-corrected chi connectivity index (χ0v) is 16.9. The Hall–Kier alpha value is -2.40. The van der Waals surface area contributed by atoms with Gasteiger partial charge in [-0.15, -0.1) is 0 Å². The van der Waals surface area contributed by atoms with E-state index in [9.17, 15) is 13.7 Å². The molecule has 0 atom stereocenters. The normalized spacial score (nSPS) is 11.6. The number of rotatable bonds is 6. The lowest BCUT2D eigenvalue weighted by molar-refractivity contribution is 0.348. The zero-order valence-electron chi connectivity index (χ0n) is 14.6. The third-order valence-electron chi connectivity index (χ3n) is 3.60. The summed E-state index contributed by atoms with van der Waals surface area (Å²) in [4.78, 5) is -0.791. The average Bonchev–Trinajstić information content (AvgIpc) is 2.66. The van der Waals surface area contributed by atoms with Crippen molar-refractivity contribution in [3.63, 3.8) is 0 Å². The molecule has 9 heteroatoms. The Morgan fingerprint density at radius 3 is 2.15 bits per heavy atom. The maximum atomic E-state index is 12.9. The van der Waals surface area contributed by atoms with Crippen LogP contribution in [0.1, 0.15) is 5.56 Å². The molecule has 0 aromatic heterocycles. The molecule has 0 aliphatic carbocycles. The molecule has 0 fully saturated rings. The van der Waals surface area contributed by atoms with E-state index in [0.29, 0.717) is 22.8 Å². The fraction of sp³-hybridized carbons (Fsp3) is 0.167. The number of hydrogen-bond donors (Lipinski definition) is 0. The van der Waals surface area contributed by atoms with Gasteiger partial charge >= 0.3 is 0 Å². The highest BCUT2D eigenvalue weighted by atomic mass is 35.5. The van der Waals surface area contributed by atoms with Crippen molar-refractivity contribution in [3.05, 3.63) is 50.8 Å². The van der Waals surface area contributed by atoms with Gasteiger partial charge in [0.05, 0.1) is 31.2 Å². The van der Waals surface area contributed by atoms with Crippen LogP contribution >= 0.6 is 23.2 Å². The van der Waals surface area contributed by atoms with Crippen molar-refractivity contribution in [2.45, 2.75) is 4.90 Å². The minimum Gasteiger partial charge on any atom is -0.496 e. The Morgan fingerprint density at radius 1 is 1.00 bits per heavy atom. The molecule has 2 aromatic carbocycles. The summed E-state index contributed by atoms with van der Waals surface area (Å²) in [5, 5.41) is 9.60. The highest BCUT2D eigenvalue weighted by Crippen LogP contribution is 2.37. The van der Waals surface area contributed by atoms with Gasteiger partial charge in [-0.05, 0) is 30.3 Å². The number of benzene rings is 2. The summed E-state index contributed by atoms with van der Waals surface area (Å²) in [6.45, 7) is 0. The first-order chi connectivity index (χ1) is 12.8. The van der Waals surface area contributed by atoms with Gasteiger partial charge < -0.3 is 14.2 Å². The first-order valence-electron chi connectivity index (χ1n) is 7.40. The molecule has 142 valence electrons. The van der Waals surface area contributed by atoms with E-state index in [0.717, 1.165) is 0 Å². The van der Waals surface area contributed by atoms with Gasteiger partial charge in [-0.2, -0.15) is 5.26 Å². The van der Waals surface area contributed by atoms with Crippen LogP contribution in [-0.4, -0.2) is 29.7 Å². The molecular formula is C18H15Cl2NO5S. The second kappa shape index (κ2) is 8.53. The van der Waals surface area contributed by atoms with Crippen molar-refractivity contribution in [1.82, 2.24) is 0 Å². The summed E-state index contributed by atoms with van der Waals surface area (Å²) in [7, 11) is 0.0964. The van der Waals surface area contributed by atoms with Crippen LogP contribution in [0.25, 0.3) is 6.08 Å². The number of methoxy groups -OCH3 is 3. The Bertz CT molecular complexity index is 1040. The molecule has 0 bridgehead atoms. The van der Waals surface area contributed by atoms with E-state index in [2.05, 4.69) is 0 Å². The summed E-state index contributed by atoms with van der Waals surface area (Å²) < 4.78 is 41.4. The molecule has 0 spiro atoms. The van der Waals surface area contributed by atoms with E-state index in [-0.39, 0.29) is 14.9 Å². The molecule has 0 N–H and O–H groups in total. The van der Waals surface area contributed by atoms with E-state index in [1.54, 1.807) is 6.07 Å². The molecule has 6 nitrogen and oxygen atoms in total. The molecule has 0 amide bonds. The van der Waals surface area contributed by atoms with E-state index in [1.165, 1.54) is 57.7 Å². The molecule has 0 aliphatic rings. The van der Waals surface area contributed by atoms with Crippen LogP contribution in [0.15, 0.2) is 40.1 Å². The van der Waals surface area contributed by atoms with Crippen molar-refractivity contribution >= 4 is 39.1 Å². The van der Waals surface area contributed by atoms with Crippen LogP contribution in [0, 0.1) is 11.3 Å². The molecule has 0 heterocycles. The Balaban J connectivity index is 2.69. The van der Waals surface area contributed by atoms with Crippen LogP contribution in [0.2, 0.25) is 10.0 Å². The molecule has 0 saturated carbocycles. The lowest BCUT2D eigenvalue weighted by atomic mass is 10.1. The first-order valence-corrected chi connectivity index (χ1v) is 9.64. The lowest BCUT2D eigenvalue weighted by Gasteiger charge is -2.13. The van der Waals surface area contributed by atoms with E-state index in [4.69, 9.17) is 37.4 Å². The molecule has 2 rings (SSSR count). The van der Waals surface area contributed by atoms with Crippen LogP contribution in [0.3, 0.4) is 0 Å². The van der Waals surface area contributed by atoms with Crippen molar-refractivity contribution < 1.29 is 22.6 Å². The van der Waals surface area contributed by atoms with Gasteiger partial charge in [0.1, 0.15) is 16.7 Å². The number of allylic oxidation sites excluding steroid dienone is 1. The minimum absolute atomic E-state index is 0.0418. The van der Waals surface area contributed by atoms with E-state index >= 15 is 0 Å². The van der Waals surface area contributed by atoms with Gasteiger partial charge in [0.2, 0.25) is 9.84 Å². The smallest absolute Gasteiger partial charge is 0.218 e. The Kier molecular flexibility index (Phi) is 6.60. The largest absolute Gasteiger partial charge is 0.496 e. The van der Waals surface area contributed by atoms with Gasteiger partial charge in [0.25, 0.3) is 0 Å². The number of nitriles is 1. The van der Waals surface area contributed by atoms with Crippen LogP contribution in [-0.2, 0) is 9.84 Å². The summed E-state index contributed by atoms with van der Waals surface area (Å²) in [6, 6.07) is 8.72. The molecule has 0 radical (unpaired) electrons. The van der Waals surface area contributed by atoms with Gasteiger partial charge in [0, 0.05) is 16.7 Å². The molecule has 2 aromatic rings. The SMILES string of the molecule is COc1cc(OC)c(OC)cc1/C=C(\C#N)S(=O)(=O)c1cc(Cl)ccc1Cl. The topological polar surface area (TPSA) is 85.6 Å². The van der Waals surface area contributed by atoms with E-state index in [1.807, 2.05) is 0 Å². The fourth-order valence-corrected chi connectivity index (χ4v) is 4.18. The number of ether oxygens (including phenoxy) is 3. The highest BCUT2D eigenvalue weighted by molar-refractivity contribution is 7.95. The first kappa shape index (κ1) is 20.9. The number of halogens is 2. The maximum Gasteiger partial charge on any atom is 0.218 e. The van der Waals surface area contributed by atoms with Gasteiger partial charge in [0.15, 0.2) is 11.5 Å². The summed E-state index contributed by atoms with van der Waals surface area (Å²) in [6.07, 6.45) is 1.17. The maximum absolute atomic E-state index is 12.9.